The number of piperidine rings is 1. The molecule has 0 aromatic carbocycles. The lowest BCUT2D eigenvalue weighted by atomic mass is 10.0. The van der Waals surface area contributed by atoms with Gasteiger partial charge in [-0.3, -0.25) is 4.68 Å². The average molecular weight is 477 g/mol. The molecule has 0 unspecified atom stereocenters. The van der Waals surface area contributed by atoms with E-state index in [0.29, 0.717) is 11.6 Å². The van der Waals surface area contributed by atoms with Crippen molar-refractivity contribution in [2.24, 2.45) is 0 Å². The molecule has 2 aliphatic rings. The van der Waals surface area contributed by atoms with Crippen LogP contribution < -0.4 is 0 Å². The summed E-state index contributed by atoms with van der Waals surface area (Å²) in [6.45, 7) is 13.8. The summed E-state index contributed by atoms with van der Waals surface area (Å²) in [4.78, 5) is 15.5. The van der Waals surface area contributed by atoms with Gasteiger partial charge in [0.05, 0.1) is 40.8 Å². The molecule has 2 saturated heterocycles. The van der Waals surface area contributed by atoms with Crippen molar-refractivity contribution in [1.82, 2.24) is 19.1 Å². The third-order valence-electron chi connectivity index (χ3n) is 7.26. The third-order valence-corrected chi connectivity index (χ3v) is 7.26. The fourth-order valence-corrected chi connectivity index (χ4v) is 5.37. The number of hydrogen-bond donors (Lipinski definition) is 0. The Bertz CT molecular complexity index is 1230. The van der Waals surface area contributed by atoms with Crippen molar-refractivity contribution < 1.29 is 14.3 Å². The van der Waals surface area contributed by atoms with E-state index >= 15 is 0 Å². The highest BCUT2D eigenvalue weighted by molar-refractivity contribution is 5.96. The van der Waals surface area contributed by atoms with Crippen molar-refractivity contribution in [3.63, 3.8) is 0 Å². The molecule has 3 aromatic heterocycles. The van der Waals surface area contributed by atoms with E-state index in [1.807, 2.05) is 33.0 Å². The van der Waals surface area contributed by atoms with Gasteiger partial charge in [-0.2, -0.15) is 5.10 Å². The number of ether oxygens (including phenoxy) is 2. The van der Waals surface area contributed by atoms with E-state index in [9.17, 15) is 4.79 Å². The van der Waals surface area contributed by atoms with Crippen molar-refractivity contribution in [3.05, 3.63) is 54.1 Å². The molecule has 3 aromatic rings. The molecule has 7 heteroatoms. The number of aromatic nitrogens is 3. The zero-order valence-electron chi connectivity index (χ0n) is 21.1. The van der Waals surface area contributed by atoms with Gasteiger partial charge in [-0.25, -0.2) is 4.79 Å². The first-order chi connectivity index (χ1) is 16.9. The second-order valence-corrected chi connectivity index (χ2v) is 10.0. The van der Waals surface area contributed by atoms with E-state index in [0.717, 1.165) is 72.7 Å². The topological polar surface area (TPSA) is 61.0 Å². The van der Waals surface area contributed by atoms with E-state index in [1.54, 1.807) is 0 Å². The maximum atomic E-state index is 13.1. The Balaban J connectivity index is 1.61. The molecule has 0 saturated carbocycles. The number of esters is 1. The molecule has 0 radical (unpaired) electrons. The number of fused-ring (bicyclic) bond motifs is 1. The van der Waals surface area contributed by atoms with E-state index in [-0.39, 0.29) is 12.1 Å². The van der Waals surface area contributed by atoms with Crippen LogP contribution >= 0.6 is 0 Å². The number of rotatable bonds is 6. The highest BCUT2D eigenvalue weighted by atomic mass is 16.5. The lowest BCUT2D eigenvalue weighted by molar-refractivity contribution is 0.0377. The molecule has 5 rings (SSSR count). The third kappa shape index (κ3) is 4.61. The smallest absolute Gasteiger partial charge is 0.338 e. The summed E-state index contributed by atoms with van der Waals surface area (Å²) in [5.41, 5.74) is 6.49. The first-order valence-electron chi connectivity index (χ1n) is 12.9. The normalized spacial score (nSPS) is 17.3. The van der Waals surface area contributed by atoms with Gasteiger partial charge in [-0.1, -0.05) is 6.58 Å². The molecule has 0 bridgehead atoms. The number of likely N-dealkylation sites (tertiary alicyclic amines) is 1. The van der Waals surface area contributed by atoms with Gasteiger partial charge >= 0.3 is 5.97 Å². The van der Waals surface area contributed by atoms with Gasteiger partial charge in [0, 0.05) is 49.8 Å². The fraction of sp³-hybridized carbons (Fsp3) is 0.500. The molecule has 7 nitrogen and oxygen atoms in total. The highest BCUT2D eigenvalue weighted by Crippen LogP contribution is 2.34. The minimum Gasteiger partial charge on any atom is -0.459 e. The predicted molar refractivity (Wildman–Crippen MR) is 137 cm³/mol. The second kappa shape index (κ2) is 9.90. The second-order valence-electron chi connectivity index (χ2n) is 10.0. The maximum Gasteiger partial charge on any atom is 0.338 e. The lowest BCUT2D eigenvalue weighted by Crippen LogP contribution is -2.29. The molecule has 0 spiro atoms. The largest absolute Gasteiger partial charge is 0.459 e. The summed E-state index contributed by atoms with van der Waals surface area (Å²) in [6, 6.07) is 4.44. The summed E-state index contributed by atoms with van der Waals surface area (Å²) < 4.78 is 15.4. The number of carbonyl (C=O) groups is 1. The quantitative estimate of drug-likeness (QED) is 0.441. The van der Waals surface area contributed by atoms with Crippen LogP contribution in [0.15, 0.2) is 37.3 Å². The standard InChI is InChI=1S/C28H36N4O3/c1-19(2)35-28(33)25-16-26-24(22-17-29-32(18-22)23-9-14-34-15-10-23)8-13-31(26)27(20(25)3)21(4)30-11-6-5-7-12-30/h8,13,16-19,23H,4-7,9-12,14-15H2,1-3H3. The van der Waals surface area contributed by atoms with Crippen LogP contribution in [-0.2, 0) is 9.47 Å². The Kier molecular flexibility index (Phi) is 6.69. The molecule has 0 atom stereocenters. The van der Waals surface area contributed by atoms with Gasteiger partial charge in [0.25, 0.3) is 0 Å². The van der Waals surface area contributed by atoms with E-state index in [1.165, 1.54) is 19.3 Å². The molecule has 0 N–H and O–H groups in total. The Morgan fingerprint density at radius 3 is 2.66 bits per heavy atom. The summed E-state index contributed by atoms with van der Waals surface area (Å²) >= 11 is 0. The molecule has 35 heavy (non-hydrogen) atoms. The van der Waals surface area contributed by atoms with Gasteiger partial charge in [0.15, 0.2) is 0 Å². The fourth-order valence-electron chi connectivity index (χ4n) is 5.37. The van der Waals surface area contributed by atoms with Crippen molar-refractivity contribution in [2.45, 2.75) is 65.0 Å². The Hall–Kier alpha value is -3.06. The van der Waals surface area contributed by atoms with Crippen molar-refractivity contribution >= 4 is 17.2 Å². The molecule has 2 aliphatic heterocycles. The van der Waals surface area contributed by atoms with Crippen LogP contribution in [0.2, 0.25) is 0 Å². The van der Waals surface area contributed by atoms with Crippen LogP contribution in [0.1, 0.15) is 73.6 Å². The highest BCUT2D eigenvalue weighted by Gasteiger charge is 2.25. The van der Waals surface area contributed by atoms with Crippen molar-refractivity contribution in [2.75, 3.05) is 26.3 Å². The summed E-state index contributed by atoms with van der Waals surface area (Å²) in [5.74, 6) is -0.294. The Morgan fingerprint density at radius 2 is 1.94 bits per heavy atom. The van der Waals surface area contributed by atoms with Gasteiger partial charge in [0.2, 0.25) is 0 Å². The summed E-state index contributed by atoms with van der Waals surface area (Å²) in [6.07, 6.45) is 11.5. The van der Waals surface area contributed by atoms with Gasteiger partial charge in [-0.05, 0) is 70.6 Å². The Labute approximate surface area is 207 Å². The van der Waals surface area contributed by atoms with Gasteiger partial charge in [0.1, 0.15) is 0 Å². The van der Waals surface area contributed by atoms with Crippen LogP contribution in [0.3, 0.4) is 0 Å². The van der Waals surface area contributed by atoms with E-state index in [2.05, 4.69) is 44.1 Å². The lowest BCUT2D eigenvalue weighted by Gasteiger charge is -2.32. The molecule has 186 valence electrons. The minimum atomic E-state index is -0.294. The van der Waals surface area contributed by atoms with Gasteiger partial charge < -0.3 is 18.8 Å². The van der Waals surface area contributed by atoms with Crippen molar-refractivity contribution in [1.29, 1.82) is 0 Å². The zero-order valence-corrected chi connectivity index (χ0v) is 21.1. The van der Waals surface area contributed by atoms with Gasteiger partial charge in [-0.15, -0.1) is 0 Å². The van der Waals surface area contributed by atoms with E-state index in [4.69, 9.17) is 9.47 Å². The average Bonchev–Trinajstić information content (AvgIpc) is 3.51. The molecule has 0 aliphatic carbocycles. The van der Waals surface area contributed by atoms with Crippen LogP contribution in [0.4, 0.5) is 0 Å². The number of carbonyl (C=O) groups excluding carboxylic acids is 1. The Morgan fingerprint density at radius 1 is 1.20 bits per heavy atom. The minimum absolute atomic E-state index is 0.184. The van der Waals surface area contributed by atoms with Crippen LogP contribution in [-0.4, -0.2) is 57.5 Å². The summed E-state index contributed by atoms with van der Waals surface area (Å²) in [7, 11) is 0. The molecule has 0 amide bonds. The molecule has 5 heterocycles. The monoisotopic (exact) mass is 476 g/mol. The van der Waals surface area contributed by atoms with E-state index < -0.39 is 0 Å². The van der Waals surface area contributed by atoms with Crippen LogP contribution in [0.5, 0.6) is 0 Å². The van der Waals surface area contributed by atoms with Crippen LogP contribution in [0.25, 0.3) is 22.3 Å². The molecular weight excluding hydrogens is 440 g/mol. The number of pyridine rings is 1. The van der Waals surface area contributed by atoms with Crippen molar-refractivity contribution in [3.8, 4) is 11.1 Å². The maximum absolute atomic E-state index is 13.1. The summed E-state index contributed by atoms with van der Waals surface area (Å²) in [5, 5.41) is 4.68. The predicted octanol–water partition coefficient (Wildman–Crippen LogP) is 5.48. The SMILES string of the molecule is C=C(c1c(C)c(C(=O)OC(C)C)cc2c(-c3cnn(C4CCOCC4)c3)ccn12)N1CCCCC1. The number of hydrogen-bond acceptors (Lipinski definition) is 5. The molecular formula is C28H36N4O3. The molecule has 2 fully saturated rings. The first-order valence-corrected chi connectivity index (χ1v) is 12.9. The van der Waals surface area contributed by atoms with Crippen LogP contribution in [0, 0.1) is 6.92 Å². The first kappa shape index (κ1) is 23.7. The zero-order chi connectivity index (χ0) is 24.5. The number of nitrogens with zero attached hydrogens (tertiary/aromatic N) is 4.